The predicted octanol–water partition coefficient (Wildman–Crippen LogP) is 0.883. The Hall–Kier alpha value is -0.160. The SMILES string of the molecule is CC.CN(C)CCN(C)CC1CC2CNCC1O2. The molecule has 2 heterocycles. The van der Waals surface area contributed by atoms with Gasteiger partial charge < -0.3 is 19.9 Å². The topological polar surface area (TPSA) is 27.7 Å². The van der Waals surface area contributed by atoms with Crippen molar-refractivity contribution >= 4 is 0 Å². The molecule has 0 aliphatic carbocycles. The second kappa shape index (κ2) is 8.10. The highest BCUT2D eigenvalue weighted by atomic mass is 16.5. The van der Waals surface area contributed by atoms with Gasteiger partial charge in [0.2, 0.25) is 0 Å². The largest absolute Gasteiger partial charge is 0.372 e. The maximum absolute atomic E-state index is 5.94. The predicted molar refractivity (Wildman–Crippen MR) is 77.0 cm³/mol. The second-order valence-electron chi connectivity index (χ2n) is 5.52. The zero-order valence-electron chi connectivity index (χ0n) is 12.8. The maximum Gasteiger partial charge on any atom is 0.0745 e. The van der Waals surface area contributed by atoms with Gasteiger partial charge in [-0.15, -0.1) is 0 Å². The molecule has 3 unspecified atom stereocenters. The van der Waals surface area contributed by atoms with Crippen molar-refractivity contribution in [3.05, 3.63) is 0 Å². The van der Waals surface area contributed by atoms with Crippen LogP contribution in [0.3, 0.4) is 0 Å². The molecule has 0 aromatic heterocycles. The van der Waals surface area contributed by atoms with Crippen LogP contribution in [0.1, 0.15) is 20.3 Å². The van der Waals surface area contributed by atoms with Crippen molar-refractivity contribution in [1.82, 2.24) is 15.1 Å². The Morgan fingerprint density at radius 1 is 1.11 bits per heavy atom. The summed E-state index contributed by atoms with van der Waals surface area (Å²) in [6.07, 6.45) is 2.18. The van der Waals surface area contributed by atoms with E-state index in [0.717, 1.165) is 32.1 Å². The molecule has 2 aliphatic heterocycles. The van der Waals surface area contributed by atoms with Crippen molar-refractivity contribution in [2.24, 2.45) is 5.92 Å². The molecule has 0 amide bonds. The Bertz CT molecular complexity index is 223. The van der Waals surface area contributed by atoms with Gasteiger partial charge in [0.1, 0.15) is 0 Å². The molecule has 108 valence electrons. The van der Waals surface area contributed by atoms with Gasteiger partial charge in [0.15, 0.2) is 0 Å². The Morgan fingerprint density at radius 3 is 2.44 bits per heavy atom. The van der Waals surface area contributed by atoms with Crippen molar-refractivity contribution in [1.29, 1.82) is 0 Å². The third kappa shape index (κ3) is 4.84. The van der Waals surface area contributed by atoms with Crippen molar-refractivity contribution in [3.63, 3.8) is 0 Å². The number of nitrogens with one attached hydrogen (secondary N) is 1. The van der Waals surface area contributed by atoms with Gasteiger partial charge in [-0.3, -0.25) is 0 Å². The molecule has 2 rings (SSSR count). The molecule has 0 aromatic carbocycles. The minimum atomic E-state index is 0.459. The summed E-state index contributed by atoms with van der Waals surface area (Å²) in [5, 5.41) is 3.45. The number of hydrogen-bond acceptors (Lipinski definition) is 4. The van der Waals surface area contributed by atoms with Gasteiger partial charge in [0.25, 0.3) is 0 Å². The number of likely N-dealkylation sites (N-methyl/N-ethyl adjacent to an activating group) is 2. The van der Waals surface area contributed by atoms with Crippen LogP contribution in [0.4, 0.5) is 0 Å². The fraction of sp³-hybridized carbons (Fsp3) is 1.00. The van der Waals surface area contributed by atoms with Crippen LogP contribution in [0.5, 0.6) is 0 Å². The number of morpholine rings is 1. The van der Waals surface area contributed by atoms with Gasteiger partial charge in [-0.05, 0) is 27.6 Å². The summed E-state index contributed by atoms with van der Waals surface area (Å²) in [7, 11) is 6.48. The van der Waals surface area contributed by atoms with Crippen LogP contribution >= 0.6 is 0 Å². The molecule has 2 aliphatic rings. The van der Waals surface area contributed by atoms with Crippen LogP contribution in [0.15, 0.2) is 0 Å². The molecule has 0 aromatic rings. The number of fused-ring (bicyclic) bond motifs is 2. The molecule has 4 heteroatoms. The minimum absolute atomic E-state index is 0.459. The summed E-state index contributed by atoms with van der Waals surface area (Å²) in [5.74, 6) is 0.729. The van der Waals surface area contributed by atoms with E-state index in [4.69, 9.17) is 4.74 Å². The lowest BCUT2D eigenvalue weighted by Gasteiger charge is -2.26. The number of ether oxygens (including phenoxy) is 1. The monoisotopic (exact) mass is 257 g/mol. The summed E-state index contributed by atoms with van der Waals surface area (Å²) < 4.78 is 5.94. The van der Waals surface area contributed by atoms with Gasteiger partial charge >= 0.3 is 0 Å². The third-order valence-electron chi connectivity index (χ3n) is 3.65. The van der Waals surface area contributed by atoms with Gasteiger partial charge in [0, 0.05) is 38.6 Å². The van der Waals surface area contributed by atoms with Gasteiger partial charge in [-0.2, -0.15) is 0 Å². The zero-order valence-corrected chi connectivity index (χ0v) is 12.8. The highest BCUT2D eigenvalue weighted by molar-refractivity contribution is 4.90. The summed E-state index contributed by atoms with van der Waals surface area (Å²) in [4.78, 5) is 4.68. The lowest BCUT2D eigenvalue weighted by molar-refractivity contribution is 0.00538. The molecule has 18 heavy (non-hydrogen) atoms. The maximum atomic E-state index is 5.94. The Morgan fingerprint density at radius 2 is 1.83 bits per heavy atom. The normalized spacial score (nSPS) is 30.5. The van der Waals surface area contributed by atoms with E-state index < -0.39 is 0 Å². The Balaban J connectivity index is 0.000000771. The van der Waals surface area contributed by atoms with Crippen molar-refractivity contribution < 1.29 is 4.74 Å². The third-order valence-corrected chi connectivity index (χ3v) is 3.65. The van der Waals surface area contributed by atoms with E-state index in [1.807, 2.05) is 13.8 Å². The summed E-state index contributed by atoms with van der Waals surface area (Å²) in [6.45, 7) is 9.55. The van der Waals surface area contributed by atoms with E-state index in [0.29, 0.717) is 12.2 Å². The first kappa shape index (κ1) is 15.9. The molecule has 0 radical (unpaired) electrons. The Kier molecular flexibility index (Phi) is 7.15. The quantitative estimate of drug-likeness (QED) is 0.791. The van der Waals surface area contributed by atoms with E-state index in [2.05, 4.69) is 36.3 Å². The lowest BCUT2D eigenvalue weighted by atomic mass is 10.00. The number of hydrogen-bond donors (Lipinski definition) is 1. The van der Waals surface area contributed by atoms with E-state index in [1.54, 1.807) is 0 Å². The van der Waals surface area contributed by atoms with Crippen LogP contribution in [0.2, 0.25) is 0 Å². The van der Waals surface area contributed by atoms with E-state index in [1.165, 1.54) is 13.0 Å². The molecule has 2 bridgehead atoms. The minimum Gasteiger partial charge on any atom is -0.372 e. The van der Waals surface area contributed by atoms with Gasteiger partial charge in [-0.25, -0.2) is 0 Å². The van der Waals surface area contributed by atoms with Crippen LogP contribution in [0, 0.1) is 5.92 Å². The zero-order chi connectivity index (χ0) is 13.5. The van der Waals surface area contributed by atoms with Crippen LogP contribution in [0.25, 0.3) is 0 Å². The van der Waals surface area contributed by atoms with Crippen LogP contribution in [-0.2, 0) is 4.74 Å². The standard InChI is InChI=1S/C12H25N3O.C2H6/c1-14(2)4-5-15(3)9-10-6-11-7-13-8-12(10)16-11;1-2/h10-13H,4-9H2,1-3H3;1-2H3. The van der Waals surface area contributed by atoms with Crippen molar-refractivity contribution in [2.45, 2.75) is 32.5 Å². The fourth-order valence-corrected chi connectivity index (χ4v) is 2.69. The molecular formula is C14H31N3O. The summed E-state index contributed by atoms with van der Waals surface area (Å²) >= 11 is 0. The molecule has 0 saturated carbocycles. The first-order valence-corrected chi connectivity index (χ1v) is 7.34. The molecular weight excluding hydrogens is 226 g/mol. The Labute approximate surface area is 113 Å². The van der Waals surface area contributed by atoms with Crippen molar-refractivity contribution in [3.8, 4) is 0 Å². The fourth-order valence-electron chi connectivity index (χ4n) is 2.69. The first-order valence-electron chi connectivity index (χ1n) is 7.34. The average Bonchev–Trinajstić information content (AvgIpc) is 2.64. The van der Waals surface area contributed by atoms with Crippen molar-refractivity contribution in [2.75, 3.05) is 53.9 Å². The van der Waals surface area contributed by atoms with E-state index >= 15 is 0 Å². The van der Waals surface area contributed by atoms with Crippen LogP contribution < -0.4 is 5.32 Å². The van der Waals surface area contributed by atoms with E-state index in [-0.39, 0.29) is 0 Å². The summed E-state index contributed by atoms with van der Waals surface area (Å²) in [5.41, 5.74) is 0. The summed E-state index contributed by atoms with van der Waals surface area (Å²) in [6, 6.07) is 0. The van der Waals surface area contributed by atoms with Gasteiger partial charge in [-0.1, -0.05) is 13.8 Å². The molecule has 3 atom stereocenters. The smallest absolute Gasteiger partial charge is 0.0745 e. The highest BCUT2D eigenvalue weighted by Crippen LogP contribution is 2.29. The molecule has 2 saturated heterocycles. The number of rotatable bonds is 5. The highest BCUT2D eigenvalue weighted by Gasteiger charge is 2.38. The average molecular weight is 257 g/mol. The lowest BCUT2D eigenvalue weighted by Crippen LogP contribution is -2.41. The first-order chi connectivity index (χ1) is 8.65. The molecule has 4 nitrogen and oxygen atoms in total. The van der Waals surface area contributed by atoms with Gasteiger partial charge in [0.05, 0.1) is 12.2 Å². The molecule has 2 fully saturated rings. The van der Waals surface area contributed by atoms with Crippen LogP contribution in [-0.4, -0.2) is 75.9 Å². The molecule has 0 spiro atoms. The molecule has 1 N–H and O–H groups in total. The number of nitrogens with zero attached hydrogens (tertiary/aromatic N) is 2. The second-order valence-corrected chi connectivity index (χ2v) is 5.52. The van der Waals surface area contributed by atoms with E-state index in [9.17, 15) is 0 Å².